The lowest BCUT2D eigenvalue weighted by molar-refractivity contribution is -0.226. The largest absolute Gasteiger partial charge is 0.756 e. The summed E-state index contributed by atoms with van der Waals surface area (Å²) < 4.78 is 26.0. The monoisotopic (exact) mass is 260 g/mol. The summed E-state index contributed by atoms with van der Waals surface area (Å²) in [7, 11) is 1.86. The molecule has 0 amide bonds. The van der Waals surface area contributed by atoms with E-state index in [4.69, 9.17) is 22.1 Å². The molecule has 1 N–H and O–H groups in total. The highest BCUT2D eigenvalue weighted by molar-refractivity contribution is 7.44. The topological polar surface area (TPSA) is 88.1 Å². The maximum Gasteiger partial charge on any atom is 0.265 e. The molecule has 1 heterocycles. The Morgan fingerprint density at radius 2 is 2.35 bits per heavy atom. The Hall–Kier alpha value is 0.160. The Morgan fingerprint density at radius 1 is 1.71 bits per heavy atom. The zero-order chi connectivity index (χ0) is 13.1. The zero-order valence-electron chi connectivity index (χ0n) is 9.81. The van der Waals surface area contributed by atoms with E-state index < -0.39 is 26.0 Å². The average Bonchev–Trinajstić information content (AvgIpc) is 2.55. The van der Waals surface area contributed by atoms with Gasteiger partial charge in [-0.15, -0.1) is 0 Å². The van der Waals surface area contributed by atoms with Crippen LogP contribution in [0.25, 0.3) is 0 Å². The van der Waals surface area contributed by atoms with E-state index in [0.29, 0.717) is 0 Å². The van der Waals surface area contributed by atoms with Crippen molar-refractivity contribution in [3.8, 4) is 0 Å². The van der Waals surface area contributed by atoms with Crippen molar-refractivity contribution >= 4 is 22.7 Å². The fourth-order valence-corrected chi connectivity index (χ4v) is 2.15. The molecule has 17 heavy (non-hydrogen) atoms. The van der Waals surface area contributed by atoms with Crippen LogP contribution in [0.15, 0.2) is 0 Å². The second-order valence-corrected chi connectivity index (χ2v) is 5.28. The summed E-state index contributed by atoms with van der Waals surface area (Å²) in [6, 6.07) is -0.396. The highest BCUT2D eigenvalue weighted by Gasteiger charge is 2.36. The third-order valence-electron chi connectivity index (χ3n) is 2.31. The summed E-state index contributed by atoms with van der Waals surface area (Å²) in [4.78, 5) is 19.4. The van der Waals surface area contributed by atoms with Crippen molar-refractivity contribution < 1.29 is 28.3 Å². The predicted octanol–water partition coefficient (Wildman–Crippen LogP) is -0.840. The molecule has 1 aliphatic rings. The number of hydrogen-bond acceptors (Lipinski definition) is 5. The maximum atomic E-state index is 10.7. The van der Waals surface area contributed by atoms with E-state index >= 15 is 0 Å². The molecule has 95 valence electrons. The molecule has 6 nitrogen and oxygen atoms in total. The minimum absolute atomic E-state index is 0.00617. The number of hydrogen-bond donors (Lipinski definition) is 1. The van der Waals surface area contributed by atoms with Crippen molar-refractivity contribution in [2.24, 2.45) is 0 Å². The van der Waals surface area contributed by atoms with Crippen LogP contribution < -0.4 is 4.89 Å². The van der Waals surface area contributed by atoms with E-state index in [9.17, 15) is 9.46 Å². The standard InChI is InChI=1S/C8H16B2O6P/c1-5(2)14-4-7-6(16-17(11,12)13)3-8(10-9)15-7/h5-8H,3-4H2,1-2H3,(H2,11,12,13)/p-1. The molecule has 9 heteroatoms. The van der Waals surface area contributed by atoms with Gasteiger partial charge in [0, 0.05) is 13.7 Å². The highest BCUT2D eigenvalue weighted by atomic mass is 31.2. The summed E-state index contributed by atoms with van der Waals surface area (Å²) in [6.07, 6.45) is -1.06. The van der Waals surface area contributed by atoms with E-state index in [2.05, 4.69) is 4.52 Å². The van der Waals surface area contributed by atoms with Crippen LogP contribution in [-0.2, 0) is 18.6 Å². The van der Waals surface area contributed by atoms with Crippen molar-refractivity contribution in [1.29, 1.82) is 0 Å². The van der Waals surface area contributed by atoms with Crippen molar-refractivity contribution in [2.45, 2.75) is 44.6 Å². The lowest BCUT2D eigenvalue weighted by Crippen LogP contribution is -2.31. The first-order valence-electron chi connectivity index (χ1n) is 5.36. The van der Waals surface area contributed by atoms with E-state index in [1.165, 1.54) is 7.17 Å². The smallest absolute Gasteiger partial charge is 0.265 e. The normalized spacial score (nSPS) is 32.6. The van der Waals surface area contributed by atoms with Crippen molar-refractivity contribution in [1.82, 2.24) is 0 Å². The number of rotatable bonds is 6. The SMILES string of the molecule is [B][B]C1CC(OP(=O)([O-])O)C(COC(C)C)O1. The molecular weight excluding hydrogens is 245 g/mol. The molecule has 0 aromatic carbocycles. The molecule has 0 saturated carbocycles. The fraction of sp³-hybridized carbons (Fsp3) is 1.00. The minimum Gasteiger partial charge on any atom is -0.756 e. The van der Waals surface area contributed by atoms with Gasteiger partial charge in [0.15, 0.2) is 0 Å². The van der Waals surface area contributed by atoms with E-state index in [1.54, 1.807) is 0 Å². The van der Waals surface area contributed by atoms with Gasteiger partial charge in [-0.1, -0.05) is 0 Å². The van der Waals surface area contributed by atoms with Gasteiger partial charge in [0.05, 0.1) is 26.0 Å². The van der Waals surface area contributed by atoms with Gasteiger partial charge in [-0.2, -0.15) is 0 Å². The van der Waals surface area contributed by atoms with E-state index in [0.717, 1.165) is 0 Å². The summed E-state index contributed by atoms with van der Waals surface area (Å²) in [5, 5.41) is 0. The molecule has 1 aliphatic heterocycles. The lowest BCUT2D eigenvalue weighted by atomic mass is 9.51. The van der Waals surface area contributed by atoms with Crippen molar-refractivity contribution in [2.75, 3.05) is 6.61 Å². The number of ether oxygens (including phenoxy) is 2. The Bertz CT molecular complexity index is 283. The lowest BCUT2D eigenvalue weighted by Gasteiger charge is -2.24. The number of phosphoric acid groups is 1. The van der Waals surface area contributed by atoms with Gasteiger partial charge < -0.3 is 23.8 Å². The van der Waals surface area contributed by atoms with E-state index in [-0.39, 0.29) is 19.1 Å². The second-order valence-electron chi connectivity index (χ2n) is 4.14. The van der Waals surface area contributed by atoms with Gasteiger partial charge in [-0.3, -0.25) is 4.57 Å². The first-order chi connectivity index (χ1) is 7.81. The van der Waals surface area contributed by atoms with Gasteiger partial charge >= 0.3 is 0 Å². The van der Waals surface area contributed by atoms with Crippen LogP contribution >= 0.6 is 7.82 Å². The maximum absolute atomic E-state index is 10.7. The molecule has 0 bridgehead atoms. The van der Waals surface area contributed by atoms with Crippen LogP contribution in [0.1, 0.15) is 20.3 Å². The molecule has 0 spiro atoms. The first kappa shape index (κ1) is 15.2. The Balaban J connectivity index is 2.54. The Labute approximate surface area is 103 Å². The molecule has 1 fully saturated rings. The summed E-state index contributed by atoms with van der Waals surface area (Å²) in [5.74, 6) is 0. The molecular formula is C8H15B2O6P-. The van der Waals surface area contributed by atoms with Crippen LogP contribution in [0.2, 0.25) is 0 Å². The molecule has 4 unspecified atom stereocenters. The van der Waals surface area contributed by atoms with Crippen LogP contribution in [0.4, 0.5) is 0 Å². The fourth-order valence-electron chi connectivity index (χ4n) is 1.59. The van der Waals surface area contributed by atoms with Crippen LogP contribution in [0.3, 0.4) is 0 Å². The van der Waals surface area contributed by atoms with Gasteiger partial charge in [-0.05, 0) is 20.3 Å². The average molecular weight is 260 g/mol. The van der Waals surface area contributed by atoms with Crippen molar-refractivity contribution in [3.05, 3.63) is 0 Å². The molecule has 4 atom stereocenters. The molecule has 0 aromatic heterocycles. The zero-order valence-corrected chi connectivity index (χ0v) is 10.7. The molecule has 0 aliphatic carbocycles. The van der Waals surface area contributed by atoms with Gasteiger partial charge in [-0.25, -0.2) is 0 Å². The highest BCUT2D eigenvalue weighted by Crippen LogP contribution is 2.38. The third kappa shape index (κ3) is 5.55. The predicted molar refractivity (Wildman–Crippen MR) is 60.6 cm³/mol. The van der Waals surface area contributed by atoms with Gasteiger partial charge in [0.2, 0.25) is 0 Å². The van der Waals surface area contributed by atoms with Crippen LogP contribution in [-0.4, -0.2) is 50.7 Å². The van der Waals surface area contributed by atoms with Crippen LogP contribution in [0, 0.1) is 0 Å². The minimum atomic E-state index is -4.78. The molecule has 1 saturated heterocycles. The third-order valence-corrected chi connectivity index (χ3v) is 2.84. The summed E-state index contributed by atoms with van der Waals surface area (Å²) in [6.45, 7) is 3.89. The van der Waals surface area contributed by atoms with Crippen molar-refractivity contribution in [3.63, 3.8) is 0 Å². The number of phosphoric ester groups is 1. The van der Waals surface area contributed by atoms with Gasteiger partial charge in [0.1, 0.15) is 6.10 Å². The summed E-state index contributed by atoms with van der Waals surface area (Å²) >= 11 is 0. The quantitative estimate of drug-likeness (QED) is 0.494. The summed E-state index contributed by atoms with van der Waals surface area (Å²) in [5.41, 5.74) is 0. The van der Waals surface area contributed by atoms with Gasteiger partial charge in [0.25, 0.3) is 7.82 Å². The van der Waals surface area contributed by atoms with E-state index in [1.807, 2.05) is 13.8 Å². The first-order valence-corrected chi connectivity index (χ1v) is 6.85. The Morgan fingerprint density at radius 3 is 2.82 bits per heavy atom. The molecule has 3 radical (unpaired) electrons. The molecule has 0 aromatic rings. The van der Waals surface area contributed by atoms with Crippen LogP contribution in [0.5, 0.6) is 0 Å². The Kier molecular flexibility index (Phi) is 5.70. The molecule has 1 rings (SSSR count). The second kappa shape index (κ2) is 6.36.